The highest BCUT2D eigenvalue weighted by Gasteiger charge is 2.73. The first-order chi connectivity index (χ1) is 14.4. The zero-order valence-electron chi connectivity index (χ0n) is 15.5. The number of hydrogen-bond acceptors (Lipinski definition) is 2. The molecule has 30 heavy (non-hydrogen) atoms. The fourth-order valence-corrected chi connectivity index (χ4v) is 6.87. The Balaban J connectivity index is 1.66. The molecule has 0 spiro atoms. The van der Waals surface area contributed by atoms with Crippen LogP contribution < -0.4 is 4.90 Å². The molecule has 3 aromatic rings. The number of halogens is 3. The Labute approximate surface area is 191 Å². The van der Waals surface area contributed by atoms with Gasteiger partial charge in [-0.25, -0.2) is 4.90 Å². The van der Waals surface area contributed by atoms with Gasteiger partial charge in [0.2, 0.25) is 11.8 Å². The lowest BCUT2D eigenvalue weighted by Crippen LogP contribution is -2.57. The summed E-state index contributed by atoms with van der Waals surface area (Å²) in [6.07, 6.45) is 0. The molecule has 0 N–H and O–H groups in total. The molecule has 0 radical (unpaired) electrons. The molecule has 3 aliphatic carbocycles. The smallest absolute Gasteiger partial charge is 0.240 e. The van der Waals surface area contributed by atoms with Gasteiger partial charge < -0.3 is 0 Å². The van der Waals surface area contributed by atoms with Gasteiger partial charge in [-0.2, -0.15) is 0 Å². The van der Waals surface area contributed by atoms with Crippen molar-refractivity contribution >= 4 is 56.6 Å². The largest absolute Gasteiger partial charge is 0.274 e. The Kier molecular flexibility index (Phi) is 3.70. The molecular weight excluding hydrogens is 485 g/mol. The maximum absolute atomic E-state index is 13.7. The molecule has 7 rings (SSSR count). The second-order valence-corrected chi connectivity index (χ2v) is 10.1. The van der Waals surface area contributed by atoms with Crippen molar-refractivity contribution in [3.63, 3.8) is 0 Å². The maximum atomic E-state index is 13.7. The van der Waals surface area contributed by atoms with Gasteiger partial charge in [0, 0.05) is 4.47 Å². The van der Waals surface area contributed by atoms with Crippen LogP contribution in [-0.4, -0.2) is 11.8 Å². The lowest BCUT2D eigenvalue weighted by molar-refractivity contribution is -0.122. The van der Waals surface area contributed by atoms with Crippen LogP contribution >= 0.6 is 39.1 Å². The third-order valence-corrected chi connectivity index (χ3v) is 8.48. The monoisotopic (exact) mass is 497 g/mol. The second kappa shape index (κ2) is 5.97. The lowest BCUT2D eigenvalue weighted by atomic mass is 9.54. The summed E-state index contributed by atoms with van der Waals surface area (Å²) in [5.74, 6) is -2.18. The molecule has 3 nitrogen and oxygen atoms in total. The van der Waals surface area contributed by atoms with Crippen molar-refractivity contribution in [3.05, 3.63) is 99.5 Å². The lowest BCUT2D eigenvalue weighted by Gasteiger charge is -2.54. The van der Waals surface area contributed by atoms with E-state index >= 15 is 0 Å². The van der Waals surface area contributed by atoms with Crippen LogP contribution in [0.2, 0.25) is 0 Å². The van der Waals surface area contributed by atoms with Crippen LogP contribution in [0.3, 0.4) is 0 Å². The molecule has 2 amide bonds. The van der Waals surface area contributed by atoms with Crippen LogP contribution in [0, 0.1) is 11.8 Å². The number of alkyl halides is 2. The van der Waals surface area contributed by atoms with Gasteiger partial charge in [0.15, 0.2) is 0 Å². The van der Waals surface area contributed by atoms with Crippen LogP contribution in [0.1, 0.15) is 22.3 Å². The summed E-state index contributed by atoms with van der Waals surface area (Å²) in [4.78, 5) is 26.4. The van der Waals surface area contributed by atoms with E-state index in [1.54, 1.807) is 12.1 Å². The molecule has 3 aromatic carbocycles. The Morgan fingerprint density at radius 2 is 1.03 bits per heavy atom. The number of carbonyl (C=O) groups excluding carboxylic acids is 2. The van der Waals surface area contributed by atoms with Crippen molar-refractivity contribution in [2.45, 2.75) is 9.75 Å². The van der Waals surface area contributed by atoms with E-state index in [1.807, 2.05) is 60.7 Å². The van der Waals surface area contributed by atoms with E-state index in [9.17, 15) is 9.59 Å². The number of benzene rings is 3. The summed E-state index contributed by atoms with van der Waals surface area (Å²) in [5, 5.41) is 0. The minimum atomic E-state index is -1.15. The summed E-state index contributed by atoms with van der Waals surface area (Å²) < 4.78 is 0.866. The number of rotatable bonds is 1. The van der Waals surface area contributed by atoms with Crippen molar-refractivity contribution in [1.82, 2.24) is 0 Å². The van der Waals surface area contributed by atoms with Crippen molar-refractivity contribution in [3.8, 4) is 0 Å². The predicted molar refractivity (Wildman–Crippen MR) is 120 cm³/mol. The van der Waals surface area contributed by atoms with Gasteiger partial charge in [0.25, 0.3) is 0 Å². The molecule has 1 aliphatic heterocycles. The molecule has 148 valence electrons. The van der Waals surface area contributed by atoms with Gasteiger partial charge in [0.1, 0.15) is 9.75 Å². The van der Waals surface area contributed by atoms with Gasteiger partial charge in [-0.3, -0.25) is 9.59 Å². The number of hydrogen-bond donors (Lipinski definition) is 0. The Hall–Kier alpha value is -2.14. The van der Waals surface area contributed by atoms with E-state index in [1.165, 1.54) is 4.90 Å². The average Bonchev–Trinajstić information content (AvgIpc) is 3.04. The fraction of sp³-hybridized carbons (Fsp3) is 0.167. The van der Waals surface area contributed by atoms with Crippen LogP contribution in [0.5, 0.6) is 0 Å². The minimum absolute atomic E-state index is 0.309. The Bertz CT molecular complexity index is 1130. The Morgan fingerprint density at radius 1 is 0.667 bits per heavy atom. The molecule has 0 aromatic heterocycles. The first-order valence-electron chi connectivity index (χ1n) is 9.61. The zero-order chi connectivity index (χ0) is 20.8. The highest BCUT2D eigenvalue weighted by atomic mass is 79.9. The first-order valence-corrected chi connectivity index (χ1v) is 11.2. The molecule has 0 saturated carbocycles. The van der Waals surface area contributed by atoms with Gasteiger partial charge >= 0.3 is 0 Å². The summed E-state index contributed by atoms with van der Waals surface area (Å²) in [6.45, 7) is 0. The maximum Gasteiger partial charge on any atom is 0.240 e. The number of anilines is 1. The van der Waals surface area contributed by atoms with Gasteiger partial charge in [-0.1, -0.05) is 64.5 Å². The number of imide groups is 1. The number of nitrogens with zero attached hydrogens (tertiary/aromatic N) is 1. The average molecular weight is 499 g/mol. The third-order valence-electron chi connectivity index (χ3n) is 6.67. The van der Waals surface area contributed by atoms with Crippen molar-refractivity contribution in [2.24, 2.45) is 11.8 Å². The molecule has 1 heterocycles. The topological polar surface area (TPSA) is 37.4 Å². The van der Waals surface area contributed by atoms with E-state index in [2.05, 4.69) is 15.9 Å². The summed E-state index contributed by atoms with van der Waals surface area (Å²) in [5.41, 5.74) is 3.75. The Morgan fingerprint density at radius 3 is 1.40 bits per heavy atom. The fourth-order valence-electron chi connectivity index (χ4n) is 5.51. The number of amides is 2. The second-order valence-electron chi connectivity index (χ2n) is 7.96. The molecule has 1 saturated heterocycles. The van der Waals surface area contributed by atoms with Crippen LogP contribution in [0.15, 0.2) is 77.3 Å². The van der Waals surface area contributed by atoms with E-state index in [4.69, 9.17) is 23.2 Å². The van der Waals surface area contributed by atoms with Gasteiger partial charge in [-0.15, -0.1) is 23.2 Å². The summed E-state index contributed by atoms with van der Waals surface area (Å²) in [7, 11) is 0. The van der Waals surface area contributed by atoms with Gasteiger partial charge in [-0.05, 0) is 46.5 Å². The summed E-state index contributed by atoms with van der Waals surface area (Å²) in [6, 6.07) is 22.4. The van der Waals surface area contributed by atoms with Crippen molar-refractivity contribution in [2.75, 3.05) is 4.90 Å². The zero-order valence-corrected chi connectivity index (χ0v) is 18.6. The third kappa shape index (κ3) is 1.98. The molecule has 0 unspecified atom stereocenters. The molecule has 2 bridgehead atoms. The van der Waals surface area contributed by atoms with E-state index in [0.717, 1.165) is 26.7 Å². The SMILES string of the molecule is O=C1[C@@H]2[C@@H](C(=O)N1c1ccc(Br)cc1)C1(Cl)c3ccccc3C2(Cl)c2ccccc21. The van der Waals surface area contributed by atoms with Crippen molar-refractivity contribution in [1.29, 1.82) is 0 Å². The van der Waals surface area contributed by atoms with Gasteiger partial charge in [0.05, 0.1) is 17.5 Å². The quantitative estimate of drug-likeness (QED) is 0.326. The normalized spacial score (nSPS) is 30.8. The molecule has 1 fully saturated rings. The van der Waals surface area contributed by atoms with E-state index < -0.39 is 21.6 Å². The summed E-state index contributed by atoms with van der Waals surface area (Å²) >= 11 is 18.2. The minimum Gasteiger partial charge on any atom is -0.274 e. The number of carbonyl (C=O) groups is 2. The van der Waals surface area contributed by atoms with Crippen LogP contribution in [-0.2, 0) is 19.3 Å². The molecule has 2 atom stereocenters. The molecule has 4 aliphatic rings. The van der Waals surface area contributed by atoms with Crippen LogP contribution in [0.4, 0.5) is 5.69 Å². The van der Waals surface area contributed by atoms with Crippen molar-refractivity contribution < 1.29 is 9.59 Å². The predicted octanol–water partition coefficient (Wildman–Crippen LogP) is 5.55. The van der Waals surface area contributed by atoms with Crippen LogP contribution in [0.25, 0.3) is 0 Å². The highest BCUT2D eigenvalue weighted by molar-refractivity contribution is 9.10. The standard InChI is InChI=1S/C24H14BrCl2NO2/c25-13-9-11-14(12-10-13)28-21(29)19-20(22(28)30)24(27)16-6-2-1-5-15(16)23(19,26)17-7-3-4-8-18(17)24/h1-12,19-20H/t19-,20-,23?,24?/m0/s1. The van der Waals surface area contributed by atoms with E-state index in [-0.39, 0.29) is 11.8 Å². The molecule has 6 heteroatoms. The molecular formula is C24H14BrCl2NO2. The first kappa shape index (κ1) is 18.6. The highest BCUT2D eigenvalue weighted by Crippen LogP contribution is 2.69. The van der Waals surface area contributed by atoms with E-state index in [0.29, 0.717) is 5.69 Å².